The molecule has 1 aromatic heterocycles. The van der Waals surface area contributed by atoms with Gasteiger partial charge in [-0.25, -0.2) is 4.98 Å². The Hall–Kier alpha value is -1.43. The smallest absolute Gasteiger partial charge is 0.251 e. The monoisotopic (exact) mass is 313 g/mol. The van der Waals surface area contributed by atoms with E-state index in [-0.39, 0.29) is 17.7 Å². The number of pyridine rings is 1. The summed E-state index contributed by atoms with van der Waals surface area (Å²) < 4.78 is 0.614. The Bertz CT molecular complexity index is 435. The van der Waals surface area contributed by atoms with Crippen LogP contribution in [0.5, 0.6) is 0 Å². The van der Waals surface area contributed by atoms with Gasteiger partial charge in [0.25, 0.3) is 5.91 Å². The van der Waals surface area contributed by atoms with Crippen molar-refractivity contribution in [3.8, 4) is 0 Å². The molecule has 1 rings (SSSR count). The molecule has 0 aliphatic carbocycles. The summed E-state index contributed by atoms with van der Waals surface area (Å²) in [5.74, 6) is -0.246. The summed E-state index contributed by atoms with van der Waals surface area (Å²) >= 11 is 3.20. The van der Waals surface area contributed by atoms with E-state index in [0.717, 1.165) is 0 Å². The van der Waals surface area contributed by atoms with Crippen molar-refractivity contribution in [1.82, 2.24) is 15.6 Å². The molecule has 0 fully saturated rings. The second-order valence-electron chi connectivity index (χ2n) is 4.07. The van der Waals surface area contributed by atoms with E-state index in [4.69, 9.17) is 0 Å². The lowest BCUT2D eigenvalue weighted by Crippen LogP contribution is -2.36. The van der Waals surface area contributed by atoms with Crippen LogP contribution in [0.25, 0.3) is 0 Å². The van der Waals surface area contributed by atoms with E-state index in [2.05, 4.69) is 31.5 Å². The third-order valence-corrected chi connectivity index (χ3v) is 2.66. The predicted molar refractivity (Wildman–Crippen MR) is 72.1 cm³/mol. The van der Waals surface area contributed by atoms with Gasteiger partial charge >= 0.3 is 0 Å². The highest BCUT2D eigenvalue weighted by Crippen LogP contribution is 2.07. The Balaban J connectivity index is 2.32. The molecular weight excluding hydrogens is 298 g/mol. The van der Waals surface area contributed by atoms with Gasteiger partial charge < -0.3 is 10.6 Å². The van der Waals surface area contributed by atoms with E-state index in [1.54, 1.807) is 18.3 Å². The van der Waals surface area contributed by atoms with E-state index < -0.39 is 0 Å². The molecule has 0 aliphatic rings. The van der Waals surface area contributed by atoms with E-state index in [0.29, 0.717) is 23.3 Å². The highest BCUT2D eigenvalue weighted by molar-refractivity contribution is 9.10. The number of amides is 2. The zero-order chi connectivity index (χ0) is 13.5. The van der Waals surface area contributed by atoms with Crippen molar-refractivity contribution in [3.63, 3.8) is 0 Å². The highest BCUT2D eigenvalue weighted by Gasteiger charge is 2.07. The lowest BCUT2D eigenvalue weighted by molar-refractivity contribution is -0.123. The number of carbonyl (C=O) groups excluding carboxylic acids is 2. The normalized spacial score (nSPS) is 10.2. The standard InChI is InChI=1S/C12H16BrN3O2/c1-8(2)11(17)15-5-6-16-12(18)9-3-4-14-10(13)7-9/h3-4,7-8H,5-6H2,1-2H3,(H,15,17)(H,16,18). The number of nitrogens with one attached hydrogen (secondary N) is 2. The molecule has 0 atom stereocenters. The first-order valence-corrected chi connectivity index (χ1v) is 6.47. The molecule has 2 amide bonds. The van der Waals surface area contributed by atoms with Gasteiger partial charge in [-0.2, -0.15) is 0 Å². The molecule has 98 valence electrons. The molecule has 5 nitrogen and oxygen atoms in total. The zero-order valence-corrected chi connectivity index (χ0v) is 12.0. The number of rotatable bonds is 5. The van der Waals surface area contributed by atoms with Crippen molar-refractivity contribution in [2.45, 2.75) is 13.8 Å². The molecule has 0 unspecified atom stereocenters. The van der Waals surface area contributed by atoms with Gasteiger partial charge in [-0.15, -0.1) is 0 Å². The Kier molecular flexibility index (Phi) is 5.77. The summed E-state index contributed by atoms with van der Waals surface area (Å²) in [5.41, 5.74) is 0.534. The van der Waals surface area contributed by atoms with Crippen molar-refractivity contribution >= 4 is 27.7 Å². The first kappa shape index (κ1) is 14.6. The summed E-state index contributed by atoms with van der Waals surface area (Å²) in [6.07, 6.45) is 1.56. The average molecular weight is 314 g/mol. The average Bonchev–Trinajstić information content (AvgIpc) is 2.33. The van der Waals surface area contributed by atoms with Crippen LogP contribution in [0.4, 0.5) is 0 Å². The van der Waals surface area contributed by atoms with Gasteiger partial charge in [0.05, 0.1) is 0 Å². The van der Waals surface area contributed by atoms with Gasteiger partial charge in [-0.05, 0) is 28.1 Å². The molecule has 6 heteroatoms. The number of aromatic nitrogens is 1. The van der Waals surface area contributed by atoms with Crippen LogP contribution in [0.15, 0.2) is 22.9 Å². The molecule has 2 N–H and O–H groups in total. The highest BCUT2D eigenvalue weighted by atomic mass is 79.9. The Morgan fingerprint density at radius 2 is 2.00 bits per heavy atom. The van der Waals surface area contributed by atoms with Gasteiger partial charge in [0, 0.05) is 30.8 Å². The second-order valence-corrected chi connectivity index (χ2v) is 4.88. The zero-order valence-electron chi connectivity index (χ0n) is 10.4. The molecule has 0 radical (unpaired) electrons. The largest absolute Gasteiger partial charge is 0.354 e. The van der Waals surface area contributed by atoms with Crippen LogP contribution in [0, 0.1) is 5.92 Å². The molecule has 0 bridgehead atoms. The van der Waals surface area contributed by atoms with Crippen LogP contribution in [-0.4, -0.2) is 29.9 Å². The summed E-state index contributed by atoms with van der Waals surface area (Å²) in [6, 6.07) is 3.27. The van der Waals surface area contributed by atoms with Crippen molar-refractivity contribution in [2.75, 3.05) is 13.1 Å². The quantitative estimate of drug-likeness (QED) is 0.636. The summed E-state index contributed by atoms with van der Waals surface area (Å²) in [7, 11) is 0. The Morgan fingerprint density at radius 1 is 1.33 bits per heavy atom. The van der Waals surface area contributed by atoms with Crippen LogP contribution < -0.4 is 10.6 Å². The van der Waals surface area contributed by atoms with E-state index in [9.17, 15) is 9.59 Å². The van der Waals surface area contributed by atoms with Gasteiger partial charge in [0.2, 0.25) is 5.91 Å². The fraction of sp³-hybridized carbons (Fsp3) is 0.417. The fourth-order valence-corrected chi connectivity index (χ4v) is 1.58. The fourth-order valence-electron chi connectivity index (χ4n) is 1.21. The van der Waals surface area contributed by atoms with Crippen LogP contribution in [-0.2, 0) is 4.79 Å². The molecule has 0 aliphatic heterocycles. The predicted octanol–water partition coefficient (Wildman–Crippen LogP) is 1.35. The molecule has 18 heavy (non-hydrogen) atoms. The first-order valence-electron chi connectivity index (χ1n) is 5.68. The number of halogens is 1. The maximum atomic E-state index is 11.7. The van der Waals surface area contributed by atoms with Crippen LogP contribution in [0.3, 0.4) is 0 Å². The Morgan fingerprint density at radius 3 is 2.61 bits per heavy atom. The number of hydrogen-bond donors (Lipinski definition) is 2. The number of hydrogen-bond acceptors (Lipinski definition) is 3. The second kappa shape index (κ2) is 7.10. The van der Waals surface area contributed by atoms with Gasteiger partial charge in [-0.1, -0.05) is 13.8 Å². The summed E-state index contributed by atoms with van der Waals surface area (Å²) in [4.78, 5) is 26.9. The van der Waals surface area contributed by atoms with Crippen LogP contribution in [0.2, 0.25) is 0 Å². The molecule has 0 spiro atoms. The number of carbonyl (C=O) groups is 2. The topological polar surface area (TPSA) is 71.1 Å². The lowest BCUT2D eigenvalue weighted by atomic mass is 10.2. The minimum atomic E-state index is -0.183. The minimum Gasteiger partial charge on any atom is -0.354 e. The van der Waals surface area contributed by atoms with Crippen molar-refractivity contribution in [2.24, 2.45) is 5.92 Å². The molecular formula is C12H16BrN3O2. The molecule has 0 saturated carbocycles. The van der Waals surface area contributed by atoms with Crippen molar-refractivity contribution < 1.29 is 9.59 Å². The van der Waals surface area contributed by atoms with Crippen molar-refractivity contribution in [1.29, 1.82) is 0 Å². The first-order chi connectivity index (χ1) is 8.50. The van der Waals surface area contributed by atoms with Crippen molar-refractivity contribution in [3.05, 3.63) is 28.5 Å². The maximum absolute atomic E-state index is 11.7. The number of nitrogens with zero attached hydrogens (tertiary/aromatic N) is 1. The van der Waals surface area contributed by atoms with Gasteiger partial charge in [-0.3, -0.25) is 9.59 Å². The van der Waals surface area contributed by atoms with E-state index in [1.165, 1.54) is 0 Å². The molecule has 0 saturated heterocycles. The Labute approximate surface area is 114 Å². The van der Waals surface area contributed by atoms with Crippen LogP contribution in [0.1, 0.15) is 24.2 Å². The van der Waals surface area contributed by atoms with E-state index in [1.807, 2.05) is 13.8 Å². The van der Waals surface area contributed by atoms with Crippen LogP contribution >= 0.6 is 15.9 Å². The lowest BCUT2D eigenvalue weighted by Gasteiger charge is -2.08. The van der Waals surface area contributed by atoms with Gasteiger partial charge in [0.15, 0.2) is 0 Å². The van der Waals surface area contributed by atoms with E-state index >= 15 is 0 Å². The SMILES string of the molecule is CC(C)C(=O)NCCNC(=O)c1ccnc(Br)c1. The molecule has 1 heterocycles. The third-order valence-electron chi connectivity index (χ3n) is 2.22. The van der Waals surface area contributed by atoms with Gasteiger partial charge in [0.1, 0.15) is 4.60 Å². The molecule has 1 aromatic rings. The molecule has 0 aromatic carbocycles. The summed E-state index contributed by atoms with van der Waals surface area (Å²) in [5, 5.41) is 5.44. The third kappa shape index (κ3) is 4.83. The summed E-state index contributed by atoms with van der Waals surface area (Å²) in [6.45, 7) is 4.47. The minimum absolute atomic E-state index is 0.0177. The maximum Gasteiger partial charge on any atom is 0.251 e.